The van der Waals surface area contributed by atoms with Gasteiger partial charge in [-0.05, 0) is 177 Å². The van der Waals surface area contributed by atoms with Crippen molar-refractivity contribution in [2.24, 2.45) is 0 Å². The number of benzene rings is 10. The molecule has 0 spiro atoms. The largest absolute Gasteiger partial charge is 0.450 e. The van der Waals surface area contributed by atoms with Gasteiger partial charge in [-0.25, -0.2) is 26.7 Å². The number of nitrogens with two attached hydrogens (primary N) is 5. The van der Waals surface area contributed by atoms with Gasteiger partial charge in [-0.1, -0.05) is 128 Å². The Balaban J connectivity index is 0.000000228. The van der Waals surface area contributed by atoms with Gasteiger partial charge >= 0.3 is 18.4 Å². The predicted octanol–water partition coefficient (Wildman–Crippen LogP) is 20.2. The first-order valence-electron chi connectivity index (χ1n) is 31.2. The third-order valence-corrected chi connectivity index (χ3v) is 15.2. The van der Waals surface area contributed by atoms with Gasteiger partial charge in [-0.2, -0.15) is 26.3 Å². The number of carbonyl (C=O) groups excluding carboxylic acids is 1. The Morgan fingerprint density at radius 2 is 0.713 bits per heavy atom. The molecule has 13 nitrogen and oxygen atoms in total. The summed E-state index contributed by atoms with van der Waals surface area (Å²) in [6.07, 6.45) is -9.38. The van der Waals surface area contributed by atoms with Crippen molar-refractivity contribution in [1.29, 1.82) is 0 Å². The topological polar surface area (TPSA) is 229 Å². The fourth-order valence-corrected chi connectivity index (χ4v) is 9.21. The van der Waals surface area contributed by atoms with Gasteiger partial charge in [0.05, 0.1) is 74.6 Å². The Kier molecular flexibility index (Phi) is 29.9. The summed E-state index contributed by atoms with van der Waals surface area (Å²) in [5, 5.41) is 17.3. The van der Waals surface area contributed by atoms with Crippen molar-refractivity contribution in [1.82, 2.24) is 0 Å². The number of rotatable bonds is 17. The van der Waals surface area contributed by atoms with E-state index in [9.17, 15) is 53.1 Å². The highest BCUT2D eigenvalue weighted by molar-refractivity contribution is 5.89. The van der Waals surface area contributed by atoms with Crippen molar-refractivity contribution in [3.63, 3.8) is 0 Å². The molecule has 1 amide bonds. The number of halogens is 11. The lowest BCUT2D eigenvalue weighted by Crippen LogP contribution is -2.14. The van der Waals surface area contributed by atoms with Gasteiger partial charge in [0.2, 0.25) is 0 Å². The molecule has 16 N–H and O–H groups in total. The normalized spacial score (nSPS) is 10.7. The van der Waals surface area contributed by atoms with Gasteiger partial charge in [0.25, 0.3) is 0 Å². The number of carbonyl (C=O) groups is 1. The van der Waals surface area contributed by atoms with Gasteiger partial charge in [0.1, 0.15) is 5.82 Å². The van der Waals surface area contributed by atoms with E-state index in [1.54, 1.807) is 101 Å². The Hall–Kier alpha value is -11.3. The highest BCUT2D eigenvalue weighted by Crippen LogP contribution is 2.33. The van der Waals surface area contributed by atoms with Crippen LogP contribution in [0.3, 0.4) is 0 Å². The van der Waals surface area contributed by atoms with E-state index in [1.165, 1.54) is 47.5 Å². The van der Waals surface area contributed by atoms with Crippen LogP contribution in [-0.4, -0.2) is 12.7 Å². The summed E-state index contributed by atoms with van der Waals surface area (Å²) in [6.45, 7) is 14.9. The average molecular weight is 1400 g/mol. The molecular weight excluding hydrogens is 1320 g/mol. The summed E-state index contributed by atoms with van der Waals surface area (Å²) in [7, 11) is 0. The maximum Gasteiger partial charge on any atom is 0.416 e. The summed E-state index contributed by atoms with van der Waals surface area (Å²) in [5.74, 6) is -2.08. The SMILES string of the molecule is C.CCOC(=O)Nc1ccc(NCc2cccc(C(F)(F)F)c2)cc1N.Cc1ccc(CNc2ccc(C)c(N)c2F)cc1.Cc1ccc(NCc2ccc(F)cc2)c(F)c1N.Cc1ccc(NCc2cccc(C(F)(F)F)c2)c(F)c1N.Cc1cccc(CNc2ccc(C)c(N)c2F)c1. The molecule has 24 heteroatoms. The van der Waals surface area contributed by atoms with Crippen LogP contribution in [-0.2, 0) is 49.8 Å². The van der Waals surface area contributed by atoms with Crippen LogP contribution < -0.4 is 60.6 Å². The number of nitrogens with one attached hydrogen (secondary N) is 6. The lowest BCUT2D eigenvalue weighted by Gasteiger charge is -2.12. The molecule has 10 aromatic rings. The highest BCUT2D eigenvalue weighted by atomic mass is 19.4. The zero-order valence-electron chi connectivity index (χ0n) is 56.0. The summed E-state index contributed by atoms with van der Waals surface area (Å²) < 4.78 is 149. The van der Waals surface area contributed by atoms with Gasteiger partial charge in [-0.3, -0.25) is 5.32 Å². The van der Waals surface area contributed by atoms with Crippen LogP contribution in [0.2, 0.25) is 0 Å². The van der Waals surface area contributed by atoms with Crippen LogP contribution in [0.4, 0.5) is 116 Å². The summed E-state index contributed by atoms with van der Waals surface area (Å²) >= 11 is 0. The Bertz CT molecular complexity index is 4240. The molecule has 0 aliphatic rings. The van der Waals surface area contributed by atoms with E-state index in [0.717, 1.165) is 52.1 Å². The van der Waals surface area contributed by atoms with Gasteiger partial charge in [0, 0.05) is 38.4 Å². The minimum Gasteiger partial charge on any atom is -0.450 e. The van der Waals surface area contributed by atoms with Crippen molar-refractivity contribution in [2.45, 2.75) is 101 Å². The van der Waals surface area contributed by atoms with Gasteiger partial charge in [0.15, 0.2) is 23.3 Å². The minimum absolute atomic E-state index is 0. The van der Waals surface area contributed by atoms with E-state index >= 15 is 0 Å². The number of ether oxygens (including phenoxy) is 1. The molecule has 0 aliphatic carbocycles. The molecule has 0 aromatic heterocycles. The molecule has 0 fully saturated rings. The molecule has 0 aliphatic heterocycles. The van der Waals surface area contributed by atoms with Crippen LogP contribution in [0.25, 0.3) is 0 Å². The monoisotopic (exact) mass is 1400 g/mol. The second-order valence-corrected chi connectivity index (χ2v) is 23.0. The summed E-state index contributed by atoms with van der Waals surface area (Å²) in [5.41, 5.74) is 39.5. The van der Waals surface area contributed by atoms with Crippen molar-refractivity contribution in [2.75, 3.05) is 67.2 Å². The Labute approximate surface area is 581 Å². The number of hydrogen-bond acceptors (Lipinski definition) is 12. The molecule has 0 heterocycles. The third kappa shape index (κ3) is 24.9. The average Bonchev–Trinajstić information content (AvgIpc) is 0.864. The van der Waals surface area contributed by atoms with E-state index in [-0.39, 0.29) is 73.0 Å². The molecule has 10 aromatic carbocycles. The molecule has 0 atom stereocenters. The smallest absolute Gasteiger partial charge is 0.416 e. The van der Waals surface area contributed by atoms with Crippen molar-refractivity contribution < 1.29 is 57.8 Å². The van der Waals surface area contributed by atoms with Crippen LogP contribution in [0.15, 0.2) is 188 Å². The quantitative estimate of drug-likeness (QED) is 0.0302. The van der Waals surface area contributed by atoms with E-state index in [1.807, 2.05) is 68.4 Å². The van der Waals surface area contributed by atoms with E-state index in [0.29, 0.717) is 76.0 Å². The molecule has 536 valence electrons. The van der Waals surface area contributed by atoms with Crippen molar-refractivity contribution >= 4 is 68.7 Å². The van der Waals surface area contributed by atoms with Crippen LogP contribution in [0.1, 0.15) is 86.7 Å². The van der Waals surface area contributed by atoms with E-state index in [4.69, 9.17) is 33.4 Å². The fourth-order valence-electron chi connectivity index (χ4n) is 9.21. The number of nitrogen functional groups attached to an aromatic ring is 5. The Morgan fingerprint density at radius 3 is 1.07 bits per heavy atom. The van der Waals surface area contributed by atoms with Crippen molar-refractivity contribution in [3.05, 3.63) is 289 Å². The lowest BCUT2D eigenvalue weighted by molar-refractivity contribution is -0.138. The zero-order valence-corrected chi connectivity index (χ0v) is 56.0. The molecular formula is C77H84F11N11O2. The number of anilines is 11. The molecule has 0 radical (unpaired) electrons. The number of alkyl halides is 6. The molecule has 0 saturated heterocycles. The maximum absolute atomic E-state index is 13.9. The first-order valence-corrected chi connectivity index (χ1v) is 31.2. The third-order valence-electron chi connectivity index (χ3n) is 15.2. The predicted molar refractivity (Wildman–Crippen MR) is 389 cm³/mol. The number of amides is 1. The van der Waals surface area contributed by atoms with Gasteiger partial charge in [-0.15, -0.1) is 0 Å². The van der Waals surface area contributed by atoms with E-state index in [2.05, 4.69) is 38.0 Å². The molecule has 10 rings (SSSR count). The van der Waals surface area contributed by atoms with Crippen molar-refractivity contribution in [3.8, 4) is 0 Å². The fraction of sp³-hybridized carbons (Fsp3) is 0.208. The number of hydrogen-bond donors (Lipinski definition) is 11. The molecule has 0 saturated carbocycles. The van der Waals surface area contributed by atoms with Crippen LogP contribution in [0, 0.1) is 70.6 Å². The van der Waals surface area contributed by atoms with Crippen LogP contribution in [0.5, 0.6) is 0 Å². The second-order valence-electron chi connectivity index (χ2n) is 23.0. The first-order chi connectivity index (χ1) is 47.3. The zero-order chi connectivity index (χ0) is 73.4. The van der Waals surface area contributed by atoms with Gasteiger partial charge < -0.3 is 60.0 Å². The lowest BCUT2D eigenvalue weighted by atomic mass is 10.1. The first kappa shape index (κ1) is 80.4. The minimum atomic E-state index is -4.39. The van der Waals surface area contributed by atoms with Crippen LogP contribution >= 0.6 is 0 Å². The molecule has 101 heavy (non-hydrogen) atoms. The van der Waals surface area contributed by atoms with E-state index < -0.39 is 41.2 Å². The highest BCUT2D eigenvalue weighted by Gasteiger charge is 2.31. The number of aryl methyl sites for hydroxylation is 6. The maximum atomic E-state index is 13.9. The second kappa shape index (κ2) is 37.6. The standard InChI is InChI=1S/C17H18F3N3O2.C15H14F4N2.2C15H17FN2.C14H14F2N2.CH4/c1-2-25-16(24)23-15-7-6-13(9-14(15)21)22-10-11-4-3-5-12(8-11)17(18,19)20;1-9-5-6-12(13(16)14(9)20)21-8-10-3-2-4-11(7-10)15(17,18)19;1-10-3-6-12(7-4-10)9-18-13-8-5-11(2)15(17)14(13)16;1-10-4-3-5-12(8-10)9-18-13-7-6-11(2)15(17)14(13)16;1-9-2-7-12(13(16)14(9)17)18-8-10-3-5-11(15)6-4-10;/h3-9,22H,2,10,21H2,1H3,(H,23,24);2-7,21H,8,20H2,1H3;2*3-8,18H,9,17H2,1-2H3;2-7,18H,8,17H2,1H3;1H4. The summed E-state index contributed by atoms with van der Waals surface area (Å²) in [6, 6.07) is 50.7. The summed E-state index contributed by atoms with van der Waals surface area (Å²) in [4.78, 5) is 11.4. The Morgan fingerprint density at radius 1 is 0.376 bits per heavy atom. The molecule has 0 unspecified atom stereocenters. The molecule has 0 bridgehead atoms.